The molecular formula is C10H16N4O3S. The minimum absolute atomic E-state index is 0.115. The summed E-state index contributed by atoms with van der Waals surface area (Å²) in [6.07, 6.45) is 0. The van der Waals surface area contributed by atoms with Gasteiger partial charge in [0.1, 0.15) is 11.6 Å². The van der Waals surface area contributed by atoms with Crippen molar-refractivity contribution in [2.45, 2.75) is 0 Å². The summed E-state index contributed by atoms with van der Waals surface area (Å²) in [6, 6.07) is 4.53. The van der Waals surface area contributed by atoms with Gasteiger partial charge in [0, 0.05) is 19.7 Å². The highest BCUT2D eigenvalue weighted by Gasteiger charge is 2.16. The third-order valence-electron chi connectivity index (χ3n) is 2.23. The first-order valence-corrected chi connectivity index (χ1v) is 6.44. The monoisotopic (exact) mass is 272 g/mol. The molecule has 0 heterocycles. The van der Waals surface area contributed by atoms with E-state index in [0.717, 1.165) is 4.31 Å². The fraction of sp³-hybridized carbons (Fsp3) is 0.300. The van der Waals surface area contributed by atoms with Crippen molar-refractivity contribution in [2.75, 3.05) is 25.9 Å². The van der Waals surface area contributed by atoms with E-state index in [4.69, 9.17) is 15.9 Å². The molecule has 1 aromatic carbocycles. The predicted octanol–water partition coefficient (Wildman–Crippen LogP) is 0.198. The van der Waals surface area contributed by atoms with Gasteiger partial charge in [0.05, 0.1) is 12.8 Å². The van der Waals surface area contributed by atoms with Crippen LogP contribution < -0.4 is 15.2 Å². The van der Waals surface area contributed by atoms with Gasteiger partial charge in [0.25, 0.3) is 0 Å². The summed E-state index contributed by atoms with van der Waals surface area (Å²) in [4.78, 5) is 0. The summed E-state index contributed by atoms with van der Waals surface area (Å²) in [5.74, 6) is 0.184. The molecule has 0 fully saturated rings. The Labute approximate surface area is 106 Å². The van der Waals surface area contributed by atoms with Crippen LogP contribution in [0.3, 0.4) is 0 Å². The fourth-order valence-electron chi connectivity index (χ4n) is 1.17. The van der Waals surface area contributed by atoms with E-state index in [1.807, 2.05) is 0 Å². The lowest BCUT2D eigenvalue weighted by Gasteiger charge is -2.16. The van der Waals surface area contributed by atoms with Gasteiger partial charge in [-0.05, 0) is 18.2 Å². The van der Waals surface area contributed by atoms with Crippen LogP contribution in [0.2, 0.25) is 0 Å². The number of nitrogen functional groups attached to an aromatic ring is 1. The van der Waals surface area contributed by atoms with E-state index in [1.54, 1.807) is 6.07 Å². The summed E-state index contributed by atoms with van der Waals surface area (Å²) in [7, 11) is 0.642. The molecule has 0 aliphatic heterocycles. The van der Waals surface area contributed by atoms with Crippen molar-refractivity contribution in [2.24, 2.45) is 5.73 Å². The fourth-order valence-corrected chi connectivity index (χ4v) is 1.80. The Morgan fingerprint density at radius 3 is 2.50 bits per heavy atom. The topological polar surface area (TPSA) is 109 Å². The van der Waals surface area contributed by atoms with Gasteiger partial charge >= 0.3 is 10.2 Å². The van der Waals surface area contributed by atoms with Crippen LogP contribution in [0.15, 0.2) is 18.2 Å². The molecule has 1 aromatic rings. The van der Waals surface area contributed by atoms with Gasteiger partial charge in [-0.2, -0.15) is 12.7 Å². The molecule has 0 amide bonds. The molecule has 100 valence electrons. The van der Waals surface area contributed by atoms with E-state index in [0.29, 0.717) is 11.3 Å². The van der Waals surface area contributed by atoms with Gasteiger partial charge in [-0.3, -0.25) is 10.1 Å². The van der Waals surface area contributed by atoms with E-state index in [2.05, 4.69) is 4.72 Å². The molecule has 0 saturated heterocycles. The van der Waals surface area contributed by atoms with Crippen LogP contribution in [0.25, 0.3) is 0 Å². The van der Waals surface area contributed by atoms with Gasteiger partial charge in [0.2, 0.25) is 0 Å². The number of methoxy groups -OCH3 is 1. The summed E-state index contributed by atoms with van der Waals surface area (Å²) in [6.45, 7) is 0. The maximum atomic E-state index is 11.7. The minimum atomic E-state index is -3.60. The highest BCUT2D eigenvalue weighted by Crippen LogP contribution is 2.26. The maximum Gasteiger partial charge on any atom is 0.301 e. The number of rotatable bonds is 5. The Morgan fingerprint density at radius 1 is 1.44 bits per heavy atom. The summed E-state index contributed by atoms with van der Waals surface area (Å²) < 4.78 is 31.8. The van der Waals surface area contributed by atoms with Crippen LogP contribution in [0.5, 0.6) is 5.75 Å². The number of benzene rings is 1. The van der Waals surface area contributed by atoms with Crippen LogP contribution in [-0.4, -0.2) is 39.8 Å². The molecule has 0 aliphatic carbocycles. The Morgan fingerprint density at radius 2 is 2.06 bits per heavy atom. The van der Waals surface area contributed by atoms with Crippen LogP contribution in [0.1, 0.15) is 5.56 Å². The summed E-state index contributed by atoms with van der Waals surface area (Å²) >= 11 is 0. The molecular weight excluding hydrogens is 256 g/mol. The van der Waals surface area contributed by atoms with Crippen LogP contribution in [-0.2, 0) is 10.2 Å². The third kappa shape index (κ3) is 3.11. The normalized spacial score (nSPS) is 11.3. The van der Waals surface area contributed by atoms with Gasteiger partial charge in [-0.1, -0.05) is 0 Å². The number of nitrogens with one attached hydrogen (secondary N) is 2. The first kappa shape index (κ1) is 14.3. The van der Waals surface area contributed by atoms with Crippen LogP contribution >= 0.6 is 0 Å². The second-order valence-electron chi connectivity index (χ2n) is 3.72. The zero-order valence-corrected chi connectivity index (χ0v) is 11.2. The predicted molar refractivity (Wildman–Crippen MR) is 70.2 cm³/mol. The zero-order chi connectivity index (χ0) is 13.9. The van der Waals surface area contributed by atoms with Gasteiger partial charge in [-0.15, -0.1) is 0 Å². The number of amidine groups is 1. The first-order chi connectivity index (χ1) is 8.27. The number of hydrogen-bond acceptors (Lipinski definition) is 4. The Hall–Kier alpha value is -1.80. The van der Waals surface area contributed by atoms with E-state index in [9.17, 15) is 8.42 Å². The number of nitrogens with two attached hydrogens (primary N) is 1. The molecule has 8 heteroatoms. The average Bonchev–Trinajstić information content (AvgIpc) is 2.28. The number of anilines is 1. The van der Waals surface area contributed by atoms with Crippen molar-refractivity contribution in [3.05, 3.63) is 23.8 Å². The van der Waals surface area contributed by atoms with Gasteiger partial charge < -0.3 is 10.5 Å². The molecule has 7 nitrogen and oxygen atoms in total. The standard InChI is InChI=1S/C10H16N4O3S/c1-14(2)18(15,16)13-8-5-4-7(10(11)12)6-9(8)17-3/h4-6,13H,1-3H3,(H3,11,12). The SMILES string of the molecule is COc1cc(C(=N)N)ccc1NS(=O)(=O)N(C)C. The highest BCUT2D eigenvalue weighted by atomic mass is 32.2. The van der Waals surface area contributed by atoms with Crippen molar-refractivity contribution >= 4 is 21.7 Å². The summed E-state index contributed by atoms with van der Waals surface area (Å²) in [5, 5.41) is 7.30. The molecule has 0 radical (unpaired) electrons. The van der Waals surface area contributed by atoms with Crippen molar-refractivity contribution in [1.29, 1.82) is 5.41 Å². The second kappa shape index (κ2) is 5.23. The van der Waals surface area contributed by atoms with Crippen molar-refractivity contribution < 1.29 is 13.2 Å². The van der Waals surface area contributed by atoms with Crippen LogP contribution in [0.4, 0.5) is 5.69 Å². The molecule has 0 spiro atoms. The highest BCUT2D eigenvalue weighted by molar-refractivity contribution is 7.90. The third-order valence-corrected chi connectivity index (χ3v) is 3.67. The van der Waals surface area contributed by atoms with Crippen molar-refractivity contribution in [3.8, 4) is 5.75 Å². The van der Waals surface area contributed by atoms with Gasteiger partial charge in [-0.25, -0.2) is 0 Å². The second-order valence-corrected chi connectivity index (χ2v) is 5.60. The van der Waals surface area contributed by atoms with Crippen LogP contribution in [0, 0.1) is 5.41 Å². The smallest absolute Gasteiger partial charge is 0.301 e. The van der Waals surface area contributed by atoms with Crippen molar-refractivity contribution in [1.82, 2.24) is 4.31 Å². The van der Waals surface area contributed by atoms with E-state index in [1.165, 1.54) is 33.3 Å². The Bertz CT molecular complexity index is 554. The Balaban J connectivity index is 3.15. The number of hydrogen-bond donors (Lipinski definition) is 3. The number of nitrogens with zero attached hydrogens (tertiary/aromatic N) is 1. The minimum Gasteiger partial charge on any atom is -0.495 e. The lowest BCUT2D eigenvalue weighted by Crippen LogP contribution is -2.29. The zero-order valence-electron chi connectivity index (χ0n) is 10.4. The molecule has 0 bridgehead atoms. The lowest BCUT2D eigenvalue weighted by atomic mass is 10.2. The first-order valence-electron chi connectivity index (χ1n) is 5.00. The van der Waals surface area contributed by atoms with E-state index in [-0.39, 0.29) is 11.5 Å². The number of ether oxygens (including phenoxy) is 1. The molecule has 0 atom stereocenters. The molecule has 0 saturated carbocycles. The van der Waals surface area contributed by atoms with Gasteiger partial charge in [0.15, 0.2) is 0 Å². The molecule has 18 heavy (non-hydrogen) atoms. The lowest BCUT2D eigenvalue weighted by molar-refractivity contribution is 0.416. The van der Waals surface area contributed by atoms with Crippen molar-refractivity contribution in [3.63, 3.8) is 0 Å². The quantitative estimate of drug-likeness (QED) is 0.525. The largest absolute Gasteiger partial charge is 0.495 e. The Kier molecular flexibility index (Phi) is 4.15. The molecule has 1 rings (SSSR count). The summed E-state index contributed by atoms with van der Waals surface area (Å²) in [5.41, 5.74) is 6.09. The van der Waals surface area contributed by atoms with E-state index >= 15 is 0 Å². The molecule has 0 aliphatic rings. The van der Waals surface area contributed by atoms with E-state index < -0.39 is 10.2 Å². The molecule has 4 N–H and O–H groups in total. The molecule has 0 unspecified atom stereocenters. The molecule has 0 aromatic heterocycles. The maximum absolute atomic E-state index is 11.7. The average molecular weight is 272 g/mol.